The maximum Gasteiger partial charge on any atom is 0.328 e. The second-order valence-electron chi connectivity index (χ2n) is 15.0. The van der Waals surface area contributed by atoms with Crippen LogP contribution in [0.2, 0.25) is 0 Å². The van der Waals surface area contributed by atoms with Crippen molar-refractivity contribution in [3.63, 3.8) is 0 Å². The van der Waals surface area contributed by atoms with E-state index in [0.717, 1.165) is 135 Å². The Bertz CT molecular complexity index is 973. The van der Waals surface area contributed by atoms with Gasteiger partial charge in [-0.2, -0.15) is 0 Å². The summed E-state index contributed by atoms with van der Waals surface area (Å²) in [5, 5.41) is 2.82. The lowest BCUT2D eigenvalue weighted by atomic mass is 9.95. The fraction of sp³-hybridized carbons (Fsp3) is 0.884. The van der Waals surface area contributed by atoms with Gasteiger partial charge in [-0.3, -0.25) is 19.4 Å². The zero-order valence-corrected chi connectivity index (χ0v) is 35.1. The highest BCUT2D eigenvalue weighted by Gasteiger charge is 2.22. The fourth-order valence-corrected chi connectivity index (χ4v) is 6.54. The van der Waals surface area contributed by atoms with E-state index in [0.29, 0.717) is 26.1 Å². The number of unbranched alkanes of at least 4 members (excludes halogenated alkanes) is 15. The van der Waals surface area contributed by atoms with Gasteiger partial charge >= 0.3 is 17.9 Å². The molecule has 1 amide bonds. The highest BCUT2D eigenvalue weighted by atomic mass is 16.5. The van der Waals surface area contributed by atoms with Gasteiger partial charge in [0.2, 0.25) is 5.91 Å². The molecular formula is C43H82N4O7. The molecule has 0 aliphatic carbocycles. The molecular weight excluding hydrogens is 684 g/mol. The first-order chi connectivity index (χ1) is 26.2. The van der Waals surface area contributed by atoms with Crippen molar-refractivity contribution in [3.8, 4) is 0 Å². The lowest BCUT2D eigenvalue weighted by Gasteiger charge is -2.17. The van der Waals surface area contributed by atoms with Crippen molar-refractivity contribution in [1.29, 1.82) is 0 Å². The Kier molecular flexibility index (Phi) is 35.1. The number of nitrogens with two attached hydrogens (primary N) is 2. The van der Waals surface area contributed by atoms with Crippen molar-refractivity contribution >= 4 is 29.8 Å². The average molecular weight is 767 g/mol. The van der Waals surface area contributed by atoms with Crippen molar-refractivity contribution in [2.75, 3.05) is 26.4 Å². The van der Waals surface area contributed by atoms with Crippen molar-refractivity contribution in [2.24, 2.45) is 28.3 Å². The molecule has 0 spiro atoms. The lowest BCUT2D eigenvalue weighted by molar-refractivity contribution is -0.150. The van der Waals surface area contributed by atoms with E-state index in [1.54, 1.807) is 0 Å². The number of aliphatic imine (C=N–C) groups is 1. The van der Waals surface area contributed by atoms with Crippen LogP contribution >= 0.6 is 0 Å². The molecule has 0 saturated heterocycles. The Labute approximate surface area is 329 Å². The van der Waals surface area contributed by atoms with E-state index in [4.69, 9.17) is 25.7 Å². The standard InChI is InChI=1S/C43H82N4O7/c1-5-9-12-21-29-37(27-11-7-3)41(50)53-34-24-19-15-16-22-30-39(48)47-38(31-32-46-43(44)45)42(51)54-35-25-18-14-13-17-23-33-52-40(49)36(26-8-4)28-20-10-6-2/h36-38H,5-35H2,1-4H3,(H,47,48)(H4,44,45,46). The molecule has 3 atom stereocenters. The highest BCUT2D eigenvalue weighted by Crippen LogP contribution is 2.20. The Morgan fingerprint density at radius 3 is 1.43 bits per heavy atom. The molecule has 54 heavy (non-hydrogen) atoms. The lowest BCUT2D eigenvalue weighted by Crippen LogP contribution is -2.42. The number of ether oxygens (including phenoxy) is 3. The van der Waals surface area contributed by atoms with E-state index in [9.17, 15) is 19.2 Å². The summed E-state index contributed by atoms with van der Waals surface area (Å²) in [5.41, 5.74) is 10.9. The quantitative estimate of drug-likeness (QED) is 0.0182. The molecule has 0 heterocycles. The van der Waals surface area contributed by atoms with Crippen LogP contribution in [0.5, 0.6) is 0 Å². The summed E-state index contributed by atoms with van der Waals surface area (Å²) in [6.07, 6.45) is 25.3. The number of nitrogens with zero attached hydrogens (tertiary/aromatic N) is 1. The van der Waals surface area contributed by atoms with Gasteiger partial charge in [0.05, 0.1) is 31.7 Å². The number of hydrogen-bond donors (Lipinski definition) is 3. The minimum absolute atomic E-state index is 0.0239. The summed E-state index contributed by atoms with van der Waals surface area (Å²) in [7, 11) is 0. The van der Waals surface area contributed by atoms with Crippen LogP contribution in [-0.2, 0) is 33.4 Å². The monoisotopic (exact) mass is 767 g/mol. The molecule has 0 aromatic rings. The Morgan fingerprint density at radius 2 is 0.907 bits per heavy atom. The van der Waals surface area contributed by atoms with Crippen LogP contribution in [0.1, 0.15) is 201 Å². The van der Waals surface area contributed by atoms with Gasteiger partial charge in [-0.25, -0.2) is 4.79 Å². The van der Waals surface area contributed by atoms with Crippen molar-refractivity contribution in [3.05, 3.63) is 0 Å². The maximum atomic E-state index is 12.9. The van der Waals surface area contributed by atoms with E-state index in [-0.39, 0.29) is 55.2 Å². The predicted molar refractivity (Wildman–Crippen MR) is 220 cm³/mol. The molecule has 11 nitrogen and oxygen atoms in total. The fourth-order valence-electron chi connectivity index (χ4n) is 6.54. The first-order valence-corrected chi connectivity index (χ1v) is 22.0. The number of esters is 3. The van der Waals surface area contributed by atoms with Gasteiger partial charge in [0.15, 0.2) is 5.96 Å². The van der Waals surface area contributed by atoms with Gasteiger partial charge in [0.1, 0.15) is 6.04 Å². The molecule has 0 fully saturated rings. The molecule has 0 aliphatic heterocycles. The first kappa shape index (κ1) is 51.1. The minimum atomic E-state index is -0.811. The predicted octanol–water partition coefficient (Wildman–Crippen LogP) is 9.22. The zero-order valence-electron chi connectivity index (χ0n) is 35.1. The third kappa shape index (κ3) is 30.5. The first-order valence-electron chi connectivity index (χ1n) is 22.0. The van der Waals surface area contributed by atoms with Crippen molar-refractivity contribution in [2.45, 2.75) is 207 Å². The number of rotatable bonds is 38. The third-order valence-electron chi connectivity index (χ3n) is 9.92. The Morgan fingerprint density at radius 1 is 0.481 bits per heavy atom. The number of carbonyl (C=O) groups excluding carboxylic acids is 4. The highest BCUT2D eigenvalue weighted by molar-refractivity contribution is 5.84. The van der Waals surface area contributed by atoms with E-state index in [1.807, 2.05) is 0 Å². The topological polar surface area (TPSA) is 172 Å². The van der Waals surface area contributed by atoms with E-state index >= 15 is 0 Å². The Balaban J connectivity index is 4.28. The van der Waals surface area contributed by atoms with Gasteiger partial charge < -0.3 is 31.0 Å². The summed E-state index contributed by atoms with van der Waals surface area (Å²) < 4.78 is 16.7. The van der Waals surface area contributed by atoms with Crippen molar-refractivity contribution in [1.82, 2.24) is 5.32 Å². The molecule has 0 aromatic carbocycles. The second kappa shape index (κ2) is 37.1. The van der Waals surface area contributed by atoms with Gasteiger partial charge in [-0.05, 0) is 57.8 Å². The van der Waals surface area contributed by atoms with Crippen LogP contribution in [0, 0.1) is 11.8 Å². The second-order valence-corrected chi connectivity index (χ2v) is 15.0. The van der Waals surface area contributed by atoms with Crippen molar-refractivity contribution < 1.29 is 33.4 Å². The normalized spacial score (nSPS) is 12.7. The van der Waals surface area contributed by atoms with Crippen LogP contribution in [0.25, 0.3) is 0 Å². The number of carbonyl (C=O) groups is 4. The van der Waals surface area contributed by atoms with Crippen LogP contribution in [0.3, 0.4) is 0 Å². The molecule has 5 N–H and O–H groups in total. The number of hydrogen-bond acceptors (Lipinski definition) is 8. The van der Waals surface area contributed by atoms with E-state index < -0.39 is 12.0 Å². The maximum absolute atomic E-state index is 12.9. The molecule has 0 saturated carbocycles. The molecule has 0 bridgehead atoms. The van der Waals surface area contributed by atoms with E-state index in [1.165, 1.54) is 19.3 Å². The summed E-state index contributed by atoms with van der Waals surface area (Å²) >= 11 is 0. The molecule has 11 heteroatoms. The van der Waals surface area contributed by atoms with Crippen LogP contribution in [0.4, 0.5) is 0 Å². The molecule has 316 valence electrons. The average Bonchev–Trinajstić information content (AvgIpc) is 3.15. The van der Waals surface area contributed by atoms with Gasteiger partial charge in [0.25, 0.3) is 0 Å². The summed E-state index contributed by atoms with van der Waals surface area (Å²) in [6, 6.07) is -0.811. The van der Waals surface area contributed by atoms with Gasteiger partial charge in [-0.1, -0.05) is 137 Å². The molecule has 0 aromatic heterocycles. The minimum Gasteiger partial charge on any atom is -0.465 e. The molecule has 0 rings (SSSR count). The van der Waals surface area contributed by atoms with Crippen LogP contribution in [0.15, 0.2) is 4.99 Å². The van der Waals surface area contributed by atoms with Gasteiger partial charge in [0, 0.05) is 13.0 Å². The summed E-state index contributed by atoms with van der Waals surface area (Å²) in [6.45, 7) is 10.1. The third-order valence-corrected chi connectivity index (χ3v) is 9.92. The van der Waals surface area contributed by atoms with Crippen LogP contribution in [-0.4, -0.2) is 62.2 Å². The molecule has 0 aliphatic rings. The summed E-state index contributed by atoms with van der Waals surface area (Å²) in [5.74, 6) is -0.757. The van der Waals surface area contributed by atoms with Gasteiger partial charge in [-0.15, -0.1) is 0 Å². The number of amides is 1. The molecule has 0 radical (unpaired) electrons. The SMILES string of the molecule is CCCCCCC(CCCC)C(=O)OCCCCCCCC(=O)NC(CCN=C(N)N)C(=O)OCCCCCCCCOC(=O)C(CCC)CCCCC. The number of guanidine groups is 1. The Hall–Kier alpha value is -2.85. The number of nitrogens with one attached hydrogen (secondary N) is 1. The summed E-state index contributed by atoms with van der Waals surface area (Å²) in [4.78, 5) is 54.6. The molecule has 3 unspecified atom stereocenters. The zero-order chi connectivity index (χ0) is 40.1. The van der Waals surface area contributed by atoms with E-state index in [2.05, 4.69) is 38.0 Å². The smallest absolute Gasteiger partial charge is 0.328 e. The largest absolute Gasteiger partial charge is 0.465 e. The van der Waals surface area contributed by atoms with Crippen LogP contribution < -0.4 is 16.8 Å².